The van der Waals surface area contributed by atoms with E-state index in [0.29, 0.717) is 5.16 Å². The molecule has 162 valence electrons. The van der Waals surface area contributed by atoms with Crippen LogP contribution in [0.15, 0.2) is 60.0 Å². The maximum Gasteiger partial charge on any atom is 0.237 e. The molecule has 2 aromatic carbocycles. The SMILES string of the molecule is COc1cccc(-n2cnnc2S[C@H](C)C(=O)Nc2ccc(N3CCOCC3)cc2)c1. The lowest BCUT2D eigenvalue weighted by Crippen LogP contribution is -2.36. The summed E-state index contributed by atoms with van der Waals surface area (Å²) in [7, 11) is 1.63. The van der Waals surface area contributed by atoms with Crippen molar-refractivity contribution in [1.29, 1.82) is 0 Å². The van der Waals surface area contributed by atoms with Gasteiger partial charge in [0.15, 0.2) is 5.16 Å². The third-order valence-corrected chi connectivity index (χ3v) is 6.07. The molecule has 0 unspecified atom stereocenters. The zero-order chi connectivity index (χ0) is 21.6. The van der Waals surface area contributed by atoms with Crippen LogP contribution in [0.25, 0.3) is 5.69 Å². The number of rotatable bonds is 7. The molecule has 4 rings (SSSR count). The average molecular weight is 440 g/mol. The van der Waals surface area contributed by atoms with Crippen LogP contribution in [-0.2, 0) is 9.53 Å². The van der Waals surface area contributed by atoms with Gasteiger partial charge in [0.05, 0.1) is 31.3 Å². The molecule has 0 bridgehead atoms. The number of carbonyl (C=O) groups is 1. The summed E-state index contributed by atoms with van der Waals surface area (Å²) in [6.07, 6.45) is 1.63. The predicted octanol–water partition coefficient (Wildman–Crippen LogP) is 3.23. The third-order valence-electron chi connectivity index (χ3n) is 5.01. The Morgan fingerprint density at radius 1 is 1.16 bits per heavy atom. The number of thioether (sulfide) groups is 1. The van der Waals surface area contributed by atoms with E-state index in [0.717, 1.165) is 49.1 Å². The van der Waals surface area contributed by atoms with Crippen LogP contribution in [0, 0.1) is 0 Å². The van der Waals surface area contributed by atoms with E-state index in [9.17, 15) is 4.79 Å². The second-order valence-corrected chi connectivity index (χ2v) is 8.39. The molecule has 1 atom stereocenters. The van der Waals surface area contributed by atoms with Gasteiger partial charge in [-0.2, -0.15) is 0 Å². The number of ether oxygens (including phenoxy) is 2. The monoisotopic (exact) mass is 439 g/mol. The number of hydrogen-bond acceptors (Lipinski definition) is 7. The lowest BCUT2D eigenvalue weighted by molar-refractivity contribution is -0.115. The summed E-state index contributed by atoms with van der Waals surface area (Å²) < 4.78 is 12.5. The fourth-order valence-corrected chi connectivity index (χ4v) is 4.12. The number of anilines is 2. The van der Waals surface area contributed by atoms with Crippen LogP contribution in [0.4, 0.5) is 11.4 Å². The van der Waals surface area contributed by atoms with Crippen LogP contribution in [0.2, 0.25) is 0 Å². The molecule has 1 amide bonds. The van der Waals surface area contributed by atoms with E-state index in [4.69, 9.17) is 9.47 Å². The van der Waals surface area contributed by atoms with Gasteiger partial charge in [-0.05, 0) is 43.3 Å². The summed E-state index contributed by atoms with van der Waals surface area (Å²) in [6.45, 7) is 5.11. The van der Waals surface area contributed by atoms with E-state index >= 15 is 0 Å². The summed E-state index contributed by atoms with van der Waals surface area (Å²) in [6, 6.07) is 15.5. The van der Waals surface area contributed by atoms with Gasteiger partial charge < -0.3 is 19.7 Å². The molecule has 1 aliphatic rings. The standard InChI is InChI=1S/C22H25N5O3S/c1-16(31-22-25-23-15-27(22)19-4-3-5-20(14-19)29-2)21(28)24-17-6-8-18(9-7-17)26-10-12-30-13-11-26/h3-9,14-16H,10-13H2,1-2H3,(H,24,28)/t16-/m1/s1. The normalized spacial score (nSPS) is 14.8. The molecule has 31 heavy (non-hydrogen) atoms. The Morgan fingerprint density at radius 2 is 1.94 bits per heavy atom. The molecule has 1 saturated heterocycles. The highest BCUT2D eigenvalue weighted by atomic mass is 32.2. The average Bonchev–Trinajstić information content (AvgIpc) is 3.28. The zero-order valence-corrected chi connectivity index (χ0v) is 18.3. The minimum Gasteiger partial charge on any atom is -0.497 e. The van der Waals surface area contributed by atoms with Gasteiger partial charge in [-0.15, -0.1) is 10.2 Å². The number of benzene rings is 2. The van der Waals surface area contributed by atoms with Gasteiger partial charge in [0.2, 0.25) is 5.91 Å². The Morgan fingerprint density at radius 3 is 2.68 bits per heavy atom. The first-order chi connectivity index (χ1) is 15.1. The highest BCUT2D eigenvalue weighted by Gasteiger charge is 2.19. The molecule has 1 aromatic heterocycles. The Bertz CT molecular complexity index is 1020. The number of nitrogens with one attached hydrogen (secondary N) is 1. The number of amides is 1. The summed E-state index contributed by atoms with van der Waals surface area (Å²) >= 11 is 1.35. The van der Waals surface area contributed by atoms with E-state index in [1.807, 2.05) is 60.0 Å². The van der Waals surface area contributed by atoms with E-state index in [2.05, 4.69) is 20.4 Å². The van der Waals surface area contributed by atoms with E-state index < -0.39 is 0 Å². The van der Waals surface area contributed by atoms with Crippen molar-refractivity contribution in [2.45, 2.75) is 17.3 Å². The van der Waals surface area contributed by atoms with Crippen LogP contribution in [-0.4, -0.2) is 59.3 Å². The third kappa shape index (κ3) is 5.18. The van der Waals surface area contributed by atoms with Crippen molar-refractivity contribution in [3.05, 3.63) is 54.9 Å². The van der Waals surface area contributed by atoms with E-state index in [-0.39, 0.29) is 11.2 Å². The van der Waals surface area contributed by atoms with Crippen LogP contribution in [0.1, 0.15) is 6.92 Å². The Kier molecular flexibility index (Phi) is 6.73. The summed E-state index contributed by atoms with van der Waals surface area (Å²) in [5, 5.41) is 11.5. The van der Waals surface area contributed by atoms with Crippen LogP contribution in [0.5, 0.6) is 5.75 Å². The minimum absolute atomic E-state index is 0.0932. The van der Waals surface area contributed by atoms with Gasteiger partial charge in [-0.3, -0.25) is 9.36 Å². The van der Waals surface area contributed by atoms with Crippen LogP contribution in [0.3, 0.4) is 0 Å². The lowest BCUT2D eigenvalue weighted by Gasteiger charge is -2.28. The molecular weight excluding hydrogens is 414 g/mol. The summed E-state index contributed by atoms with van der Waals surface area (Å²) in [5.41, 5.74) is 2.77. The number of methoxy groups -OCH3 is 1. The second-order valence-electron chi connectivity index (χ2n) is 7.08. The molecule has 8 nitrogen and oxygen atoms in total. The number of nitrogens with zero attached hydrogens (tertiary/aromatic N) is 4. The van der Waals surface area contributed by atoms with Gasteiger partial charge in [-0.25, -0.2) is 0 Å². The zero-order valence-electron chi connectivity index (χ0n) is 17.5. The first kappa shape index (κ1) is 21.2. The molecule has 2 heterocycles. The van der Waals surface area contributed by atoms with Crippen molar-refractivity contribution in [3.8, 4) is 11.4 Å². The molecule has 0 spiro atoms. The quantitative estimate of drug-likeness (QED) is 0.566. The van der Waals surface area contributed by atoms with Crippen molar-refractivity contribution in [2.75, 3.05) is 43.6 Å². The Labute approximate surface area is 185 Å². The highest BCUT2D eigenvalue weighted by molar-refractivity contribution is 8.00. The van der Waals surface area contributed by atoms with Crippen molar-refractivity contribution >= 4 is 29.0 Å². The van der Waals surface area contributed by atoms with Gasteiger partial charge in [0.1, 0.15) is 12.1 Å². The fraction of sp³-hybridized carbons (Fsp3) is 0.318. The molecule has 0 saturated carbocycles. The smallest absolute Gasteiger partial charge is 0.237 e. The molecule has 0 radical (unpaired) electrons. The fourth-order valence-electron chi connectivity index (χ4n) is 3.27. The molecule has 1 aliphatic heterocycles. The van der Waals surface area contributed by atoms with Gasteiger partial charge in [0, 0.05) is 30.5 Å². The molecule has 3 aromatic rings. The summed E-state index contributed by atoms with van der Waals surface area (Å²) in [5.74, 6) is 0.651. The Hall–Kier alpha value is -3.04. The highest BCUT2D eigenvalue weighted by Crippen LogP contribution is 2.26. The Balaban J connectivity index is 1.39. The predicted molar refractivity (Wildman–Crippen MR) is 121 cm³/mol. The van der Waals surface area contributed by atoms with Gasteiger partial charge >= 0.3 is 0 Å². The number of aromatic nitrogens is 3. The largest absolute Gasteiger partial charge is 0.497 e. The number of hydrogen-bond donors (Lipinski definition) is 1. The van der Waals surface area contributed by atoms with Crippen molar-refractivity contribution in [2.24, 2.45) is 0 Å². The topological polar surface area (TPSA) is 81.5 Å². The number of carbonyl (C=O) groups excluding carboxylic acids is 1. The van der Waals surface area contributed by atoms with Crippen LogP contribution >= 0.6 is 11.8 Å². The molecule has 1 N–H and O–H groups in total. The molecule has 1 fully saturated rings. The maximum absolute atomic E-state index is 12.7. The van der Waals surface area contributed by atoms with Crippen molar-refractivity contribution < 1.29 is 14.3 Å². The number of morpholine rings is 1. The maximum atomic E-state index is 12.7. The van der Waals surface area contributed by atoms with E-state index in [1.54, 1.807) is 13.4 Å². The first-order valence-corrected chi connectivity index (χ1v) is 11.0. The lowest BCUT2D eigenvalue weighted by atomic mass is 10.2. The van der Waals surface area contributed by atoms with Crippen LogP contribution < -0.4 is 15.0 Å². The second kappa shape index (κ2) is 9.84. The van der Waals surface area contributed by atoms with Crippen molar-refractivity contribution in [1.82, 2.24) is 14.8 Å². The first-order valence-electron chi connectivity index (χ1n) is 10.1. The molecule has 0 aliphatic carbocycles. The van der Waals surface area contributed by atoms with Gasteiger partial charge in [0.25, 0.3) is 0 Å². The minimum atomic E-state index is -0.354. The van der Waals surface area contributed by atoms with Gasteiger partial charge in [-0.1, -0.05) is 17.8 Å². The summed E-state index contributed by atoms with van der Waals surface area (Å²) in [4.78, 5) is 15.0. The molecular formula is C22H25N5O3S. The van der Waals surface area contributed by atoms with Crippen molar-refractivity contribution in [3.63, 3.8) is 0 Å². The van der Waals surface area contributed by atoms with E-state index in [1.165, 1.54) is 11.8 Å². The molecule has 9 heteroatoms.